The highest BCUT2D eigenvalue weighted by Crippen LogP contribution is 2.18. The van der Waals surface area contributed by atoms with Crippen LogP contribution in [0.25, 0.3) is 11.1 Å². The Hall–Kier alpha value is -3.84. The minimum absolute atomic E-state index is 0.264. The summed E-state index contributed by atoms with van der Waals surface area (Å²) in [5.41, 5.74) is 3.28. The van der Waals surface area contributed by atoms with E-state index >= 15 is 0 Å². The number of carbonyl (C=O) groups is 1. The first kappa shape index (κ1) is 21.5. The molecule has 4 nitrogen and oxygen atoms in total. The third kappa shape index (κ3) is 7.36. The second-order valence-electron chi connectivity index (χ2n) is 6.16. The van der Waals surface area contributed by atoms with Gasteiger partial charge in [-0.1, -0.05) is 55.8 Å². The predicted octanol–water partition coefficient (Wildman–Crippen LogP) is 6.30. The van der Waals surface area contributed by atoms with Crippen molar-refractivity contribution in [2.45, 2.75) is 19.8 Å². The zero-order valence-corrected chi connectivity index (χ0v) is 16.3. The molecule has 146 valence electrons. The van der Waals surface area contributed by atoms with E-state index in [4.69, 9.17) is 15.1 Å². The van der Waals surface area contributed by atoms with Crippen LogP contribution in [-0.2, 0) is 0 Å². The molecular weight excluding hydrogens is 362 g/mol. The molecule has 0 heterocycles. The van der Waals surface area contributed by atoms with Crippen LogP contribution in [0, 0.1) is 11.3 Å². The zero-order valence-electron chi connectivity index (χ0n) is 16.3. The van der Waals surface area contributed by atoms with Gasteiger partial charge >= 0.3 is 5.97 Å². The normalized spacial score (nSPS) is 9.93. The quantitative estimate of drug-likeness (QED) is 0.505. The predicted molar refractivity (Wildman–Crippen MR) is 115 cm³/mol. The molecule has 0 bridgehead atoms. The number of allylic oxidation sites excluding steroid dienone is 1. The van der Waals surface area contributed by atoms with Crippen LogP contribution in [0.1, 0.15) is 35.7 Å². The van der Waals surface area contributed by atoms with Crippen molar-refractivity contribution in [1.82, 2.24) is 0 Å². The van der Waals surface area contributed by atoms with Gasteiger partial charge in [0, 0.05) is 0 Å². The van der Waals surface area contributed by atoms with E-state index in [9.17, 15) is 4.79 Å². The number of ether oxygens (including phenoxy) is 1. The standard InChI is InChI=1S/C13H9N.C12H14O3/c14-10-11-6-8-13(9-7-11)12-4-2-1-3-5-12;1-2-3-4-9-15-11-7-5-10(6-8-11)12(13)14/h1-9H;4-9H,2-3H2,1H3,(H,13,14). The average molecular weight is 385 g/mol. The molecular formula is C25H23NO3. The van der Waals surface area contributed by atoms with E-state index in [-0.39, 0.29) is 5.56 Å². The van der Waals surface area contributed by atoms with Gasteiger partial charge in [-0.3, -0.25) is 0 Å². The Labute approximate surface area is 171 Å². The molecule has 0 unspecified atom stereocenters. The van der Waals surface area contributed by atoms with Crippen LogP contribution in [-0.4, -0.2) is 11.1 Å². The molecule has 0 saturated heterocycles. The number of hydrogen-bond donors (Lipinski definition) is 1. The molecule has 3 aromatic rings. The van der Waals surface area contributed by atoms with Gasteiger partial charge in [-0.15, -0.1) is 0 Å². The lowest BCUT2D eigenvalue weighted by Crippen LogP contribution is -1.95. The van der Waals surface area contributed by atoms with Gasteiger partial charge in [0.1, 0.15) is 5.75 Å². The van der Waals surface area contributed by atoms with E-state index in [0.717, 1.165) is 18.4 Å². The molecule has 0 aromatic heterocycles. The van der Waals surface area contributed by atoms with E-state index in [1.807, 2.05) is 48.5 Å². The molecule has 3 rings (SSSR count). The highest BCUT2D eigenvalue weighted by molar-refractivity contribution is 5.87. The van der Waals surface area contributed by atoms with E-state index < -0.39 is 5.97 Å². The van der Waals surface area contributed by atoms with Crippen molar-refractivity contribution in [3.05, 3.63) is 102 Å². The summed E-state index contributed by atoms with van der Waals surface area (Å²) in [7, 11) is 0. The molecule has 0 aliphatic heterocycles. The number of aromatic carboxylic acids is 1. The summed E-state index contributed by atoms with van der Waals surface area (Å²) in [6.45, 7) is 2.09. The molecule has 3 aromatic carbocycles. The van der Waals surface area contributed by atoms with Gasteiger partial charge in [0.2, 0.25) is 0 Å². The van der Waals surface area contributed by atoms with Crippen molar-refractivity contribution < 1.29 is 14.6 Å². The molecule has 0 aliphatic rings. The van der Waals surface area contributed by atoms with Crippen molar-refractivity contribution in [1.29, 1.82) is 5.26 Å². The van der Waals surface area contributed by atoms with Gasteiger partial charge in [-0.25, -0.2) is 4.79 Å². The topological polar surface area (TPSA) is 70.3 Å². The zero-order chi connectivity index (χ0) is 20.9. The fraction of sp³-hybridized carbons (Fsp3) is 0.120. The number of carboxylic acids is 1. The summed E-state index contributed by atoms with van der Waals surface area (Å²) < 4.78 is 5.27. The number of rotatable bonds is 6. The van der Waals surface area contributed by atoms with E-state index in [1.165, 1.54) is 17.7 Å². The number of carboxylic acid groups (broad SMARTS) is 1. The van der Waals surface area contributed by atoms with Crippen LogP contribution in [0.5, 0.6) is 5.75 Å². The highest BCUT2D eigenvalue weighted by atomic mass is 16.5. The lowest BCUT2D eigenvalue weighted by atomic mass is 10.0. The van der Waals surface area contributed by atoms with Crippen molar-refractivity contribution in [3.8, 4) is 22.9 Å². The fourth-order valence-corrected chi connectivity index (χ4v) is 2.41. The van der Waals surface area contributed by atoms with E-state index in [0.29, 0.717) is 11.3 Å². The molecule has 0 atom stereocenters. The summed E-state index contributed by atoms with van der Waals surface area (Å²) in [4.78, 5) is 10.6. The molecule has 29 heavy (non-hydrogen) atoms. The molecule has 4 heteroatoms. The summed E-state index contributed by atoms with van der Waals surface area (Å²) in [5, 5.41) is 17.3. The first-order valence-electron chi connectivity index (χ1n) is 9.34. The van der Waals surface area contributed by atoms with Crippen LogP contribution in [0.2, 0.25) is 0 Å². The molecule has 1 N–H and O–H groups in total. The summed E-state index contributed by atoms with van der Waals surface area (Å²) in [5.74, 6) is -0.282. The van der Waals surface area contributed by atoms with Gasteiger partial charge in [0.25, 0.3) is 0 Å². The SMILES string of the molecule is CCCC=COc1ccc(C(=O)O)cc1.N#Cc1ccc(-c2ccccc2)cc1. The van der Waals surface area contributed by atoms with Gasteiger partial charge in [-0.05, 0) is 60.0 Å². The van der Waals surface area contributed by atoms with Crippen LogP contribution in [0.3, 0.4) is 0 Å². The van der Waals surface area contributed by atoms with Gasteiger partial charge in [-0.2, -0.15) is 5.26 Å². The second kappa shape index (κ2) is 11.8. The number of nitriles is 1. The molecule has 0 radical (unpaired) electrons. The Kier molecular flexibility index (Phi) is 8.72. The monoisotopic (exact) mass is 385 g/mol. The number of benzene rings is 3. The van der Waals surface area contributed by atoms with Crippen LogP contribution >= 0.6 is 0 Å². The molecule has 0 spiro atoms. The van der Waals surface area contributed by atoms with Gasteiger partial charge in [0.15, 0.2) is 0 Å². The third-order valence-corrected chi connectivity index (χ3v) is 3.98. The highest BCUT2D eigenvalue weighted by Gasteiger charge is 2.01. The van der Waals surface area contributed by atoms with Crippen LogP contribution < -0.4 is 4.74 Å². The molecule has 0 amide bonds. The third-order valence-electron chi connectivity index (χ3n) is 3.98. The number of hydrogen-bond acceptors (Lipinski definition) is 3. The Bertz CT molecular complexity index is 954. The second-order valence-corrected chi connectivity index (χ2v) is 6.16. The lowest BCUT2D eigenvalue weighted by Gasteiger charge is -2.00. The maximum absolute atomic E-state index is 10.6. The number of unbranched alkanes of at least 4 members (excludes halogenated alkanes) is 1. The fourth-order valence-electron chi connectivity index (χ4n) is 2.41. The maximum Gasteiger partial charge on any atom is 0.335 e. The summed E-state index contributed by atoms with van der Waals surface area (Å²) in [6.07, 6.45) is 5.62. The Balaban J connectivity index is 0.000000207. The number of nitrogens with zero attached hydrogens (tertiary/aromatic N) is 1. The summed E-state index contributed by atoms with van der Waals surface area (Å²) >= 11 is 0. The maximum atomic E-state index is 10.6. The van der Waals surface area contributed by atoms with Crippen molar-refractivity contribution in [2.75, 3.05) is 0 Å². The Morgan fingerprint density at radius 2 is 1.59 bits per heavy atom. The minimum atomic E-state index is -0.928. The van der Waals surface area contributed by atoms with Crippen LogP contribution in [0.4, 0.5) is 0 Å². The van der Waals surface area contributed by atoms with Gasteiger partial charge < -0.3 is 9.84 Å². The van der Waals surface area contributed by atoms with E-state index in [2.05, 4.69) is 25.1 Å². The first-order valence-corrected chi connectivity index (χ1v) is 9.34. The van der Waals surface area contributed by atoms with Crippen molar-refractivity contribution >= 4 is 5.97 Å². The van der Waals surface area contributed by atoms with Crippen molar-refractivity contribution in [2.24, 2.45) is 0 Å². The Morgan fingerprint density at radius 1 is 0.966 bits per heavy atom. The Morgan fingerprint density at radius 3 is 2.14 bits per heavy atom. The average Bonchev–Trinajstić information content (AvgIpc) is 2.78. The van der Waals surface area contributed by atoms with E-state index in [1.54, 1.807) is 18.4 Å². The molecule has 0 fully saturated rings. The smallest absolute Gasteiger partial charge is 0.335 e. The van der Waals surface area contributed by atoms with Crippen LogP contribution in [0.15, 0.2) is 91.2 Å². The largest absolute Gasteiger partial charge is 0.478 e. The summed E-state index contributed by atoms with van der Waals surface area (Å²) in [6, 6.07) is 26.1. The van der Waals surface area contributed by atoms with Gasteiger partial charge in [0.05, 0.1) is 23.5 Å². The minimum Gasteiger partial charge on any atom is -0.478 e. The lowest BCUT2D eigenvalue weighted by molar-refractivity contribution is 0.0697. The van der Waals surface area contributed by atoms with Crippen molar-refractivity contribution in [3.63, 3.8) is 0 Å². The molecule has 0 aliphatic carbocycles. The first-order chi connectivity index (χ1) is 14.1. The molecule has 0 saturated carbocycles.